The van der Waals surface area contributed by atoms with E-state index in [-0.39, 0.29) is 17.7 Å². The lowest BCUT2D eigenvalue weighted by Crippen LogP contribution is -2.42. The Labute approximate surface area is 184 Å². The van der Waals surface area contributed by atoms with Crippen LogP contribution in [0.5, 0.6) is 0 Å². The number of likely N-dealkylation sites (tertiary alicyclic amines) is 1. The van der Waals surface area contributed by atoms with Gasteiger partial charge in [0.05, 0.1) is 17.3 Å². The molecule has 1 saturated heterocycles. The van der Waals surface area contributed by atoms with E-state index >= 15 is 0 Å². The number of primary amides is 1. The van der Waals surface area contributed by atoms with E-state index in [9.17, 15) is 9.59 Å². The summed E-state index contributed by atoms with van der Waals surface area (Å²) in [6.45, 7) is 3.10. The minimum Gasteiger partial charge on any atom is -0.369 e. The number of halogens is 1. The van der Waals surface area contributed by atoms with Gasteiger partial charge in [-0.1, -0.05) is 21.1 Å². The number of amides is 2. The van der Waals surface area contributed by atoms with Gasteiger partial charge in [0, 0.05) is 23.5 Å². The standard InChI is InChI=1S/C21H27BrN6O2/c22-16-6-8-17(9-7-16)28-19(14-4-5-14)18(25-26-28)21(30)24-10-2-12-27-11-1-3-15(13-27)20(23)29/h6-9,14-15H,1-5,10-13H2,(H2,23,29)(H,24,30). The van der Waals surface area contributed by atoms with Gasteiger partial charge in [0.1, 0.15) is 0 Å². The summed E-state index contributed by atoms with van der Waals surface area (Å²) in [6.07, 6.45) is 4.79. The van der Waals surface area contributed by atoms with E-state index in [0.717, 1.165) is 67.6 Å². The molecule has 2 aliphatic rings. The molecule has 1 unspecified atom stereocenters. The number of rotatable bonds is 8. The Morgan fingerprint density at radius 2 is 1.97 bits per heavy atom. The molecular formula is C21H27BrN6O2. The van der Waals surface area contributed by atoms with Crippen LogP contribution < -0.4 is 11.1 Å². The van der Waals surface area contributed by atoms with Gasteiger partial charge in [0.15, 0.2) is 5.69 Å². The molecule has 1 aromatic carbocycles. The summed E-state index contributed by atoms with van der Waals surface area (Å²) in [5, 5.41) is 11.5. The summed E-state index contributed by atoms with van der Waals surface area (Å²) in [5.74, 6) is -0.102. The second-order valence-electron chi connectivity index (χ2n) is 8.14. The highest BCUT2D eigenvalue weighted by Gasteiger charge is 2.34. The topological polar surface area (TPSA) is 106 Å². The Morgan fingerprint density at radius 1 is 1.20 bits per heavy atom. The normalized spacial score (nSPS) is 19.6. The maximum atomic E-state index is 12.8. The van der Waals surface area contributed by atoms with E-state index in [1.165, 1.54) is 0 Å². The Bertz CT molecular complexity index is 909. The van der Waals surface area contributed by atoms with Crippen molar-refractivity contribution in [3.8, 4) is 5.69 Å². The number of nitrogens with one attached hydrogen (secondary N) is 1. The monoisotopic (exact) mass is 474 g/mol. The van der Waals surface area contributed by atoms with Crippen LogP contribution in [0.15, 0.2) is 28.7 Å². The molecule has 9 heteroatoms. The predicted molar refractivity (Wildman–Crippen MR) is 116 cm³/mol. The first-order chi connectivity index (χ1) is 14.5. The molecule has 1 aliphatic heterocycles. The van der Waals surface area contributed by atoms with E-state index in [1.807, 2.05) is 24.3 Å². The Balaban J connectivity index is 1.34. The molecule has 30 heavy (non-hydrogen) atoms. The zero-order valence-corrected chi connectivity index (χ0v) is 18.5. The van der Waals surface area contributed by atoms with Gasteiger partial charge in [0.2, 0.25) is 5.91 Å². The largest absolute Gasteiger partial charge is 0.369 e. The summed E-state index contributed by atoms with van der Waals surface area (Å²) >= 11 is 3.44. The Kier molecular flexibility index (Phi) is 6.48. The van der Waals surface area contributed by atoms with Crippen molar-refractivity contribution < 1.29 is 9.59 Å². The minimum atomic E-state index is -0.213. The van der Waals surface area contributed by atoms with E-state index in [1.54, 1.807) is 4.68 Å². The molecule has 0 radical (unpaired) electrons. The summed E-state index contributed by atoms with van der Waals surface area (Å²) in [4.78, 5) is 26.4. The van der Waals surface area contributed by atoms with Crippen LogP contribution in [0.25, 0.3) is 5.69 Å². The molecule has 0 bridgehead atoms. The van der Waals surface area contributed by atoms with Crippen LogP contribution in [0.4, 0.5) is 0 Å². The van der Waals surface area contributed by atoms with Gasteiger partial charge in [-0.2, -0.15) is 0 Å². The van der Waals surface area contributed by atoms with E-state index in [0.29, 0.717) is 18.2 Å². The molecule has 2 heterocycles. The number of hydrogen-bond acceptors (Lipinski definition) is 5. The smallest absolute Gasteiger partial charge is 0.273 e. The van der Waals surface area contributed by atoms with E-state index in [2.05, 4.69) is 36.5 Å². The average molecular weight is 475 g/mol. The number of nitrogens with two attached hydrogens (primary N) is 1. The van der Waals surface area contributed by atoms with Crippen LogP contribution in [-0.4, -0.2) is 57.9 Å². The predicted octanol–water partition coefficient (Wildman–Crippen LogP) is 2.22. The molecule has 1 atom stereocenters. The van der Waals surface area contributed by atoms with Gasteiger partial charge in [-0.25, -0.2) is 4.68 Å². The van der Waals surface area contributed by atoms with Crippen molar-refractivity contribution in [1.82, 2.24) is 25.2 Å². The zero-order valence-electron chi connectivity index (χ0n) is 16.9. The molecular weight excluding hydrogens is 448 g/mol. The van der Waals surface area contributed by atoms with Gasteiger partial charge >= 0.3 is 0 Å². The van der Waals surface area contributed by atoms with Crippen LogP contribution in [0.2, 0.25) is 0 Å². The fourth-order valence-corrected chi connectivity index (χ4v) is 4.29. The SMILES string of the molecule is NC(=O)C1CCCN(CCCNC(=O)c2nnn(-c3ccc(Br)cc3)c2C2CC2)C1. The summed E-state index contributed by atoms with van der Waals surface area (Å²) in [6, 6.07) is 7.84. The number of carbonyl (C=O) groups excluding carboxylic acids is 2. The molecule has 2 amide bonds. The number of nitrogens with zero attached hydrogens (tertiary/aromatic N) is 4. The second kappa shape index (κ2) is 9.26. The number of aromatic nitrogens is 3. The van der Waals surface area contributed by atoms with Crippen LogP contribution in [0, 0.1) is 5.92 Å². The van der Waals surface area contributed by atoms with Crippen LogP contribution in [0.3, 0.4) is 0 Å². The van der Waals surface area contributed by atoms with Crippen molar-refractivity contribution in [1.29, 1.82) is 0 Å². The molecule has 2 fully saturated rings. The third-order valence-corrected chi connectivity index (χ3v) is 6.33. The van der Waals surface area contributed by atoms with Gasteiger partial charge in [0.25, 0.3) is 5.91 Å². The van der Waals surface area contributed by atoms with Crippen molar-refractivity contribution >= 4 is 27.7 Å². The van der Waals surface area contributed by atoms with E-state index < -0.39 is 0 Å². The number of piperidine rings is 1. The van der Waals surface area contributed by atoms with Crippen molar-refractivity contribution in [3.63, 3.8) is 0 Å². The Hall–Kier alpha value is -2.26. The quantitative estimate of drug-likeness (QED) is 0.570. The van der Waals surface area contributed by atoms with Crippen LogP contribution >= 0.6 is 15.9 Å². The molecule has 8 nitrogen and oxygen atoms in total. The van der Waals surface area contributed by atoms with Crippen molar-refractivity contribution in [2.45, 2.75) is 38.0 Å². The van der Waals surface area contributed by atoms with Gasteiger partial charge < -0.3 is 16.0 Å². The van der Waals surface area contributed by atoms with Crippen LogP contribution in [0.1, 0.15) is 54.2 Å². The highest BCUT2D eigenvalue weighted by atomic mass is 79.9. The fourth-order valence-electron chi connectivity index (χ4n) is 4.03. The molecule has 160 valence electrons. The summed E-state index contributed by atoms with van der Waals surface area (Å²) < 4.78 is 2.78. The number of carbonyl (C=O) groups is 2. The molecule has 1 saturated carbocycles. The minimum absolute atomic E-state index is 0.0527. The lowest BCUT2D eigenvalue weighted by atomic mass is 9.97. The molecule has 4 rings (SSSR count). The lowest BCUT2D eigenvalue weighted by molar-refractivity contribution is -0.123. The lowest BCUT2D eigenvalue weighted by Gasteiger charge is -2.31. The first-order valence-electron chi connectivity index (χ1n) is 10.5. The number of hydrogen-bond donors (Lipinski definition) is 2. The van der Waals surface area contributed by atoms with Crippen molar-refractivity contribution in [2.75, 3.05) is 26.2 Å². The maximum absolute atomic E-state index is 12.8. The third-order valence-electron chi connectivity index (χ3n) is 5.80. The maximum Gasteiger partial charge on any atom is 0.273 e. The molecule has 1 aromatic heterocycles. The summed E-state index contributed by atoms with van der Waals surface area (Å²) in [7, 11) is 0. The third kappa shape index (κ3) is 4.89. The molecule has 3 N–H and O–H groups in total. The van der Waals surface area contributed by atoms with E-state index in [4.69, 9.17) is 5.73 Å². The molecule has 0 spiro atoms. The molecule has 1 aliphatic carbocycles. The highest BCUT2D eigenvalue weighted by molar-refractivity contribution is 9.10. The summed E-state index contributed by atoms with van der Waals surface area (Å²) in [5.41, 5.74) is 7.67. The molecule has 2 aromatic rings. The van der Waals surface area contributed by atoms with Crippen LogP contribution in [-0.2, 0) is 4.79 Å². The van der Waals surface area contributed by atoms with Gasteiger partial charge in [-0.05, 0) is 69.5 Å². The van der Waals surface area contributed by atoms with Crippen molar-refractivity contribution in [3.05, 3.63) is 40.1 Å². The fraction of sp³-hybridized carbons (Fsp3) is 0.524. The first-order valence-corrected chi connectivity index (χ1v) is 11.3. The van der Waals surface area contributed by atoms with Gasteiger partial charge in [-0.3, -0.25) is 9.59 Å². The zero-order chi connectivity index (χ0) is 21.1. The Morgan fingerprint density at radius 3 is 2.67 bits per heavy atom. The average Bonchev–Trinajstić information content (AvgIpc) is 3.49. The second-order valence-corrected chi connectivity index (χ2v) is 9.05. The number of benzene rings is 1. The van der Waals surface area contributed by atoms with Crippen molar-refractivity contribution in [2.24, 2.45) is 11.7 Å². The first kappa shape index (κ1) is 21.0. The highest BCUT2D eigenvalue weighted by Crippen LogP contribution is 2.42. The van der Waals surface area contributed by atoms with Gasteiger partial charge in [-0.15, -0.1) is 5.10 Å².